The van der Waals surface area contributed by atoms with E-state index in [1.54, 1.807) is 0 Å². The van der Waals surface area contributed by atoms with Crippen LogP contribution in [-0.2, 0) is 4.74 Å². The van der Waals surface area contributed by atoms with E-state index in [1.165, 1.54) is 23.3 Å². The fourth-order valence-electron chi connectivity index (χ4n) is 2.56. The van der Waals surface area contributed by atoms with Crippen molar-refractivity contribution >= 4 is 11.3 Å². The largest absolute Gasteiger partial charge is 0.376 e. The van der Waals surface area contributed by atoms with Gasteiger partial charge in [-0.25, -0.2) is 0 Å². The van der Waals surface area contributed by atoms with Gasteiger partial charge in [-0.15, -0.1) is 11.3 Å². The minimum Gasteiger partial charge on any atom is -0.376 e. The predicted molar refractivity (Wildman–Crippen MR) is 73.6 cm³/mol. The van der Waals surface area contributed by atoms with Crippen LogP contribution in [0, 0.1) is 12.8 Å². The molecule has 1 aromatic heterocycles. The fourth-order valence-corrected chi connectivity index (χ4v) is 3.31. The molecule has 3 atom stereocenters. The molecular formula is C14H23NOS. The number of aryl methyl sites for hydroxylation is 1. The summed E-state index contributed by atoms with van der Waals surface area (Å²) in [7, 11) is 0. The second-order valence-electron chi connectivity index (χ2n) is 4.97. The Morgan fingerprint density at radius 1 is 1.59 bits per heavy atom. The van der Waals surface area contributed by atoms with E-state index in [0.717, 1.165) is 13.2 Å². The average Bonchev–Trinajstić information content (AvgIpc) is 2.90. The lowest BCUT2D eigenvalue weighted by Crippen LogP contribution is -2.35. The monoisotopic (exact) mass is 253 g/mol. The zero-order valence-electron chi connectivity index (χ0n) is 11.0. The Balaban J connectivity index is 2.15. The van der Waals surface area contributed by atoms with E-state index in [1.807, 2.05) is 11.3 Å². The Bertz CT molecular complexity index is 350. The lowest BCUT2D eigenvalue weighted by molar-refractivity contribution is 0.0607. The molecule has 1 aromatic rings. The zero-order valence-corrected chi connectivity index (χ0v) is 11.8. The molecule has 0 bridgehead atoms. The summed E-state index contributed by atoms with van der Waals surface area (Å²) < 4.78 is 5.95. The molecule has 17 heavy (non-hydrogen) atoms. The van der Waals surface area contributed by atoms with Crippen LogP contribution in [0.15, 0.2) is 11.4 Å². The van der Waals surface area contributed by atoms with Crippen molar-refractivity contribution in [2.75, 3.05) is 13.2 Å². The SMILES string of the molecule is CCCNC(c1ccsc1C)C1OCCC1C. The van der Waals surface area contributed by atoms with Gasteiger partial charge < -0.3 is 10.1 Å². The Hall–Kier alpha value is -0.380. The van der Waals surface area contributed by atoms with Gasteiger partial charge in [-0.1, -0.05) is 13.8 Å². The Kier molecular flexibility index (Phi) is 4.60. The van der Waals surface area contributed by atoms with Crippen LogP contribution in [0.5, 0.6) is 0 Å². The third-order valence-electron chi connectivity index (χ3n) is 3.62. The summed E-state index contributed by atoms with van der Waals surface area (Å²) in [6.07, 6.45) is 2.70. The second-order valence-corrected chi connectivity index (χ2v) is 6.09. The Morgan fingerprint density at radius 3 is 2.94 bits per heavy atom. The molecule has 3 heteroatoms. The highest BCUT2D eigenvalue weighted by molar-refractivity contribution is 7.10. The minimum absolute atomic E-state index is 0.342. The van der Waals surface area contributed by atoms with Crippen LogP contribution >= 0.6 is 11.3 Å². The van der Waals surface area contributed by atoms with Crippen molar-refractivity contribution in [2.24, 2.45) is 5.92 Å². The molecule has 96 valence electrons. The summed E-state index contributed by atoms with van der Waals surface area (Å²) in [5.41, 5.74) is 1.43. The number of hydrogen-bond donors (Lipinski definition) is 1. The van der Waals surface area contributed by atoms with Gasteiger partial charge >= 0.3 is 0 Å². The summed E-state index contributed by atoms with van der Waals surface area (Å²) in [6.45, 7) is 8.70. The van der Waals surface area contributed by atoms with E-state index in [2.05, 4.69) is 37.5 Å². The molecular weight excluding hydrogens is 230 g/mol. The highest BCUT2D eigenvalue weighted by atomic mass is 32.1. The van der Waals surface area contributed by atoms with Crippen LogP contribution in [-0.4, -0.2) is 19.3 Å². The molecule has 1 N–H and O–H groups in total. The molecule has 1 aliphatic rings. The van der Waals surface area contributed by atoms with Crippen molar-refractivity contribution in [1.29, 1.82) is 0 Å². The zero-order chi connectivity index (χ0) is 12.3. The number of ether oxygens (including phenoxy) is 1. The van der Waals surface area contributed by atoms with Gasteiger partial charge in [0.05, 0.1) is 12.1 Å². The second kappa shape index (κ2) is 5.98. The van der Waals surface area contributed by atoms with E-state index in [-0.39, 0.29) is 0 Å². The maximum absolute atomic E-state index is 5.95. The molecule has 0 saturated carbocycles. The third kappa shape index (κ3) is 2.90. The Labute approximate surface area is 108 Å². The summed E-state index contributed by atoms with van der Waals surface area (Å²) in [5, 5.41) is 5.85. The van der Waals surface area contributed by atoms with Crippen molar-refractivity contribution in [2.45, 2.75) is 45.8 Å². The van der Waals surface area contributed by atoms with Crippen molar-refractivity contribution in [1.82, 2.24) is 5.32 Å². The van der Waals surface area contributed by atoms with Crippen molar-refractivity contribution in [3.05, 3.63) is 21.9 Å². The quantitative estimate of drug-likeness (QED) is 0.867. The lowest BCUT2D eigenvalue weighted by atomic mass is 9.93. The van der Waals surface area contributed by atoms with Crippen LogP contribution in [0.3, 0.4) is 0 Å². The number of thiophene rings is 1. The van der Waals surface area contributed by atoms with Gasteiger partial charge in [-0.3, -0.25) is 0 Å². The first kappa shape index (κ1) is 13.1. The van der Waals surface area contributed by atoms with E-state index in [4.69, 9.17) is 4.74 Å². The first-order valence-electron chi connectivity index (χ1n) is 6.63. The van der Waals surface area contributed by atoms with E-state index < -0.39 is 0 Å². The summed E-state index contributed by atoms with van der Waals surface area (Å²) >= 11 is 1.83. The number of rotatable bonds is 5. The minimum atomic E-state index is 0.342. The molecule has 1 aliphatic heterocycles. The molecule has 1 saturated heterocycles. The molecule has 0 spiro atoms. The van der Waals surface area contributed by atoms with Gasteiger partial charge in [0.15, 0.2) is 0 Å². The maximum atomic E-state index is 5.95. The molecule has 1 fully saturated rings. The summed E-state index contributed by atoms with van der Waals surface area (Å²) in [6, 6.07) is 2.63. The first-order valence-corrected chi connectivity index (χ1v) is 7.51. The molecule has 2 rings (SSSR count). The molecule has 3 unspecified atom stereocenters. The van der Waals surface area contributed by atoms with E-state index >= 15 is 0 Å². The van der Waals surface area contributed by atoms with Crippen molar-refractivity contribution in [3.63, 3.8) is 0 Å². The van der Waals surface area contributed by atoms with E-state index in [9.17, 15) is 0 Å². The molecule has 2 heterocycles. The summed E-state index contributed by atoms with van der Waals surface area (Å²) in [4.78, 5) is 1.42. The molecule has 2 nitrogen and oxygen atoms in total. The van der Waals surface area contributed by atoms with Crippen LogP contribution in [0.1, 0.15) is 43.2 Å². The summed E-state index contributed by atoms with van der Waals surface area (Å²) in [5.74, 6) is 0.656. The number of hydrogen-bond acceptors (Lipinski definition) is 3. The smallest absolute Gasteiger partial charge is 0.0796 e. The van der Waals surface area contributed by atoms with Gasteiger partial charge in [0.1, 0.15) is 0 Å². The van der Waals surface area contributed by atoms with Gasteiger partial charge in [0.25, 0.3) is 0 Å². The van der Waals surface area contributed by atoms with Gasteiger partial charge in [0, 0.05) is 11.5 Å². The molecule has 0 aliphatic carbocycles. The van der Waals surface area contributed by atoms with Gasteiger partial charge in [0.2, 0.25) is 0 Å². The topological polar surface area (TPSA) is 21.3 Å². The highest BCUT2D eigenvalue weighted by Crippen LogP contribution is 2.34. The molecule has 0 aromatic carbocycles. The Morgan fingerprint density at radius 2 is 2.41 bits per heavy atom. The van der Waals surface area contributed by atoms with Crippen LogP contribution in [0.4, 0.5) is 0 Å². The van der Waals surface area contributed by atoms with Crippen LogP contribution in [0.2, 0.25) is 0 Å². The third-order valence-corrected chi connectivity index (χ3v) is 4.48. The first-order chi connectivity index (χ1) is 8.24. The highest BCUT2D eigenvalue weighted by Gasteiger charge is 2.33. The van der Waals surface area contributed by atoms with Crippen LogP contribution < -0.4 is 5.32 Å². The standard InChI is InChI=1S/C14H23NOS/c1-4-7-15-13(12-6-9-17-11(12)3)14-10(2)5-8-16-14/h6,9-10,13-15H,4-5,7-8H2,1-3H3. The van der Waals surface area contributed by atoms with Crippen molar-refractivity contribution in [3.8, 4) is 0 Å². The predicted octanol–water partition coefficient (Wildman–Crippen LogP) is 3.52. The van der Waals surface area contributed by atoms with E-state index in [0.29, 0.717) is 18.1 Å². The fraction of sp³-hybridized carbons (Fsp3) is 0.714. The van der Waals surface area contributed by atoms with Crippen molar-refractivity contribution < 1.29 is 4.74 Å². The number of nitrogens with one attached hydrogen (secondary N) is 1. The lowest BCUT2D eigenvalue weighted by Gasteiger charge is -2.27. The maximum Gasteiger partial charge on any atom is 0.0796 e. The van der Waals surface area contributed by atoms with Crippen LogP contribution in [0.25, 0.3) is 0 Å². The molecule has 0 radical (unpaired) electrons. The normalized spacial score (nSPS) is 26.3. The van der Waals surface area contributed by atoms with Gasteiger partial charge in [-0.2, -0.15) is 0 Å². The van der Waals surface area contributed by atoms with Gasteiger partial charge in [-0.05, 0) is 49.2 Å². The average molecular weight is 253 g/mol. The molecule has 0 amide bonds.